The maximum absolute atomic E-state index is 10.7. The van der Waals surface area contributed by atoms with Gasteiger partial charge in [0.15, 0.2) is 0 Å². The minimum atomic E-state index is -0.745. The van der Waals surface area contributed by atoms with Crippen molar-refractivity contribution in [2.24, 2.45) is 0 Å². The fourth-order valence-corrected chi connectivity index (χ4v) is 1.19. The van der Waals surface area contributed by atoms with Crippen molar-refractivity contribution in [3.63, 3.8) is 0 Å². The lowest BCUT2D eigenvalue weighted by Crippen LogP contribution is -2.01. The number of fused-ring (bicyclic) bond motifs is 1. The highest BCUT2D eigenvalue weighted by Gasteiger charge is 2.02. The van der Waals surface area contributed by atoms with Gasteiger partial charge in [0.25, 0.3) is 5.91 Å². The average Bonchev–Trinajstić information content (AvgIpc) is 2.17. The van der Waals surface area contributed by atoms with Gasteiger partial charge in [-0.3, -0.25) is 10.5 Å². The summed E-state index contributed by atoms with van der Waals surface area (Å²) < 4.78 is 0. The third-order valence-corrected chi connectivity index (χ3v) is 1.83. The smallest absolute Gasteiger partial charge is 0.266 e. The summed E-state index contributed by atoms with van der Waals surface area (Å²) in [6.07, 6.45) is 0. The fraction of sp³-hybridized carbons (Fsp3) is 0. The first-order valence-electron chi connectivity index (χ1n) is 3.89. The molecule has 13 heavy (non-hydrogen) atoms. The van der Waals surface area contributed by atoms with Gasteiger partial charge in [0.2, 0.25) is 0 Å². The van der Waals surface area contributed by atoms with Crippen molar-refractivity contribution >= 4 is 16.8 Å². The van der Waals surface area contributed by atoms with E-state index in [-0.39, 0.29) is 5.69 Å². The van der Waals surface area contributed by atoms with Crippen molar-refractivity contribution in [1.82, 2.24) is 10.7 Å². The maximum atomic E-state index is 10.7. The highest BCUT2D eigenvalue weighted by molar-refractivity contribution is 5.93. The van der Waals surface area contributed by atoms with E-state index in [1.807, 2.05) is 24.3 Å². The van der Waals surface area contributed by atoms with Crippen LogP contribution in [0, 0.1) is 0 Å². The number of hydrogen-bond acceptors (Lipinski definition) is 2. The summed E-state index contributed by atoms with van der Waals surface area (Å²) in [5.41, 5.74) is 7.84. The number of aromatic nitrogens is 1. The Hall–Kier alpha value is -1.90. The summed E-state index contributed by atoms with van der Waals surface area (Å²) >= 11 is 0. The normalized spacial score (nSPS) is 10.2. The van der Waals surface area contributed by atoms with E-state index in [1.165, 1.54) is 0 Å². The minimum Gasteiger partial charge on any atom is -0.266 e. The van der Waals surface area contributed by atoms with E-state index >= 15 is 0 Å². The van der Waals surface area contributed by atoms with E-state index in [1.54, 1.807) is 12.1 Å². The van der Waals surface area contributed by atoms with Crippen LogP contribution < -0.4 is 5.73 Å². The highest BCUT2D eigenvalue weighted by atomic mass is 16.1. The minimum absolute atomic E-state index is 0.193. The molecule has 1 radical (unpaired) electrons. The van der Waals surface area contributed by atoms with E-state index in [2.05, 4.69) is 4.98 Å². The molecule has 3 nitrogen and oxygen atoms in total. The largest absolute Gasteiger partial charge is 0.288 e. The monoisotopic (exact) mass is 171 g/mol. The van der Waals surface area contributed by atoms with Gasteiger partial charge in [-0.2, -0.15) is 0 Å². The van der Waals surface area contributed by atoms with Crippen LogP contribution in [-0.4, -0.2) is 10.9 Å². The highest BCUT2D eigenvalue weighted by Crippen LogP contribution is 2.11. The van der Waals surface area contributed by atoms with Crippen molar-refractivity contribution in [2.45, 2.75) is 0 Å². The number of nitrogens with zero attached hydrogens (tertiary/aromatic N) is 1. The quantitative estimate of drug-likeness (QED) is 0.655. The van der Waals surface area contributed by atoms with Crippen LogP contribution in [0.1, 0.15) is 10.5 Å². The number of para-hydroxylation sites is 1. The Morgan fingerprint density at radius 2 is 1.92 bits per heavy atom. The van der Waals surface area contributed by atoms with Gasteiger partial charge in [-0.25, -0.2) is 4.98 Å². The first-order valence-corrected chi connectivity index (χ1v) is 3.89. The van der Waals surface area contributed by atoms with Gasteiger partial charge in [-0.1, -0.05) is 24.3 Å². The SMILES string of the molecule is [NH]C(=O)c1ccc2ccccc2n1. The third kappa shape index (κ3) is 1.36. The molecule has 0 atom stereocenters. The molecule has 1 aromatic carbocycles. The van der Waals surface area contributed by atoms with Crippen molar-refractivity contribution in [3.8, 4) is 0 Å². The molecule has 2 rings (SSSR count). The Morgan fingerprint density at radius 3 is 2.69 bits per heavy atom. The van der Waals surface area contributed by atoms with Crippen molar-refractivity contribution in [3.05, 3.63) is 42.1 Å². The molecule has 0 bridgehead atoms. The summed E-state index contributed by atoms with van der Waals surface area (Å²) in [5, 5.41) is 0.979. The number of carbonyl (C=O) groups excluding carboxylic acids is 1. The van der Waals surface area contributed by atoms with Gasteiger partial charge >= 0.3 is 0 Å². The molecular weight excluding hydrogens is 164 g/mol. The van der Waals surface area contributed by atoms with E-state index in [4.69, 9.17) is 5.73 Å². The van der Waals surface area contributed by atoms with Gasteiger partial charge in [0.1, 0.15) is 5.69 Å². The molecule has 0 aliphatic rings. The van der Waals surface area contributed by atoms with Crippen LogP contribution in [0.2, 0.25) is 0 Å². The Morgan fingerprint density at radius 1 is 1.15 bits per heavy atom. The van der Waals surface area contributed by atoms with Gasteiger partial charge in [0.05, 0.1) is 5.52 Å². The van der Waals surface area contributed by atoms with E-state index < -0.39 is 5.91 Å². The molecule has 0 aliphatic carbocycles. The van der Waals surface area contributed by atoms with Crippen molar-refractivity contribution in [2.75, 3.05) is 0 Å². The molecule has 1 aromatic heterocycles. The Kier molecular flexibility index (Phi) is 1.70. The molecule has 0 aliphatic heterocycles. The van der Waals surface area contributed by atoms with Crippen LogP contribution in [-0.2, 0) is 0 Å². The van der Waals surface area contributed by atoms with Crippen LogP contribution in [0.4, 0.5) is 0 Å². The summed E-state index contributed by atoms with van der Waals surface area (Å²) in [6, 6.07) is 10.9. The van der Waals surface area contributed by atoms with Gasteiger partial charge in [-0.05, 0) is 12.1 Å². The molecule has 1 N–H and O–H groups in total. The standard InChI is InChI=1S/C10H7N2O/c11-10(13)9-6-5-7-3-1-2-4-8(7)12-9/h1-6,11H. The summed E-state index contributed by atoms with van der Waals surface area (Å²) in [4.78, 5) is 14.7. The van der Waals surface area contributed by atoms with Crippen LogP contribution in [0.5, 0.6) is 0 Å². The molecule has 0 saturated carbocycles. The number of pyridine rings is 1. The number of amides is 1. The summed E-state index contributed by atoms with van der Waals surface area (Å²) in [6.45, 7) is 0. The zero-order valence-corrected chi connectivity index (χ0v) is 6.82. The average molecular weight is 171 g/mol. The molecule has 1 heterocycles. The first-order chi connectivity index (χ1) is 6.27. The fourth-order valence-electron chi connectivity index (χ4n) is 1.19. The van der Waals surface area contributed by atoms with Crippen LogP contribution >= 0.6 is 0 Å². The molecule has 2 aromatic rings. The number of rotatable bonds is 1. The second-order valence-corrected chi connectivity index (χ2v) is 2.72. The zero-order valence-electron chi connectivity index (χ0n) is 6.82. The topological polar surface area (TPSA) is 53.8 Å². The van der Waals surface area contributed by atoms with E-state index in [0.717, 1.165) is 10.9 Å². The predicted molar refractivity (Wildman–Crippen MR) is 49.2 cm³/mol. The maximum Gasteiger partial charge on any atom is 0.288 e. The van der Waals surface area contributed by atoms with Gasteiger partial charge < -0.3 is 0 Å². The lowest BCUT2D eigenvalue weighted by molar-refractivity contribution is 0.0987. The third-order valence-electron chi connectivity index (χ3n) is 1.83. The second-order valence-electron chi connectivity index (χ2n) is 2.72. The molecule has 1 amide bonds. The van der Waals surface area contributed by atoms with Crippen molar-refractivity contribution < 1.29 is 4.79 Å². The number of hydrogen-bond donors (Lipinski definition) is 0. The predicted octanol–water partition coefficient (Wildman–Crippen LogP) is 1.66. The molecule has 0 fully saturated rings. The number of carbonyl (C=O) groups is 1. The summed E-state index contributed by atoms with van der Waals surface area (Å²) in [5.74, 6) is -0.745. The molecular formula is C10H7N2O. The summed E-state index contributed by atoms with van der Waals surface area (Å²) in [7, 11) is 0. The molecule has 63 valence electrons. The number of benzene rings is 1. The van der Waals surface area contributed by atoms with Crippen LogP contribution in [0.25, 0.3) is 10.9 Å². The van der Waals surface area contributed by atoms with Gasteiger partial charge in [0, 0.05) is 5.39 Å². The lowest BCUT2D eigenvalue weighted by Gasteiger charge is -1.97. The molecule has 3 heteroatoms. The molecule has 0 saturated heterocycles. The molecule has 0 spiro atoms. The number of nitrogens with one attached hydrogen (secondary N) is 1. The first kappa shape index (κ1) is 7.73. The van der Waals surface area contributed by atoms with Crippen LogP contribution in [0.15, 0.2) is 36.4 Å². The zero-order chi connectivity index (χ0) is 9.26. The lowest BCUT2D eigenvalue weighted by atomic mass is 10.2. The van der Waals surface area contributed by atoms with Crippen LogP contribution in [0.3, 0.4) is 0 Å². The van der Waals surface area contributed by atoms with E-state index in [0.29, 0.717) is 0 Å². The van der Waals surface area contributed by atoms with Gasteiger partial charge in [-0.15, -0.1) is 0 Å². The Bertz CT molecular complexity index is 465. The Labute approximate surface area is 75.2 Å². The van der Waals surface area contributed by atoms with E-state index in [9.17, 15) is 4.79 Å². The van der Waals surface area contributed by atoms with Crippen molar-refractivity contribution in [1.29, 1.82) is 0 Å². The molecule has 0 unspecified atom stereocenters. The second kappa shape index (κ2) is 2.86. The Balaban J connectivity index is 2.69.